The Labute approximate surface area is 138 Å². The summed E-state index contributed by atoms with van der Waals surface area (Å²) in [6.45, 7) is 2.20. The smallest absolute Gasteiger partial charge is 0.236 e. The molecule has 2 rings (SSSR count). The van der Waals surface area contributed by atoms with E-state index in [1.165, 1.54) is 11.1 Å². The zero-order valence-electron chi connectivity index (χ0n) is 13.8. The van der Waals surface area contributed by atoms with Crippen LogP contribution in [0.25, 0.3) is 11.1 Å². The Hall–Kier alpha value is -2.17. The van der Waals surface area contributed by atoms with Gasteiger partial charge in [-0.15, -0.1) is 0 Å². The van der Waals surface area contributed by atoms with Crippen molar-refractivity contribution in [2.45, 2.75) is 6.54 Å². The van der Waals surface area contributed by atoms with Crippen LogP contribution in [0.4, 0.5) is 0 Å². The Kier molecular flexibility index (Phi) is 6.78. The van der Waals surface area contributed by atoms with E-state index in [0.29, 0.717) is 26.2 Å². The van der Waals surface area contributed by atoms with Crippen LogP contribution in [0.5, 0.6) is 0 Å². The van der Waals surface area contributed by atoms with Gasteiger partial charge in [0.1, 0.15) is 0 Å². The van der Waals surface area contributed by atoms with Gasteiger partial charge in [-0.25, -0.2) is 0 Å². The summed E-state index contributed by atoms with van der Waals surface area (Å²) in [5.74, 6) is 0.0731. The lowest BCUT2D eigenvalue weighted by Gasteiger charge is -2.20. The molecule has 4 heteroatoms. The van der Waals surface area contributed by atoms with E-state index in [1.807, 2.05) is 37.4 Å². The van der Waals surface area contributed by atoms with Crippen LogP contribution in [-0.4, -0.2) is 44.7 Å². The minimum Gasteiger partial charge on any atom is -0.383 e. The molecule has 0 saturated carbocycles. The quantitative estimate of drug-likeness (QED) is 0.762. The van der Waals surface area contributed by atoms with E-state index in [2.05, 4.69) is 29.6 Å². The normalized spacial score (nSPS) is 10.5. The number of hydrogen-bond acceptors (Lipinski definition) is 3. The minimum absolute atomic E-state index is 0.0731. The third-order valence-electron chi connectivity index (χ3n) is 3.69. The second kappa shape index (κ2) is 9.08. The summed E-state index contributed by atoms with van der Waals surface area (Å²) in [5.41, 5.74) is 3.48. The summed E-state index contributed by atoms with van der Waals surface area (Å²) < 4.78 is 4.96. The van der Waals surface area contributed by atoms with Gasteiger partial charge in [0, 0.05) is 27.2 Å². The number of carbonyl (C=O) groups is 1. The molecule has 1 N–H and O–H groups in total. The highest BCUT2D eigenvalue weighted by molar-refractivity contribution is 5.78. The number of amides is 1. The predicted molar refractivity (Wildman–Crippen MR) is 93.1 cm³/mol. The van der Waals surface area contributed by atoms with Gasteiger partial charge in [-0.1, -0.05) is 54.6 Å². The highest BCUT2D eigenvalue weighted by Crippen LogP contribution is 2.24. The maximum Gasteiger partial charge on any atom is 0.236 e. The van der Waals surface area contributed by atoms with E-state index in [0.717, 1.165) is 5.56 Å². The number of rotatable bonds is 8. The van der Waals surface area contributed by atoms with Gasteiger partial charge in [-0.2, -0.15) is 0 Å². The molecule has 2 aromatic carbocycles. The first kappa shape index (κ1) is 17.2. The van der Waals surface area contributed by atoms with Crippen LogP contribution in [0.15, 0.2) is 54.6 Å². The van der Waals surface area contributed by atoms with Crippen molar-refractivity contribution in [3.63, 3.8) is 0 Å². The number of ether oxygens (including phenoxy) is 1. The zero-order valence-corrected chi connectivity index (χ0v) is 13.8. The minimum atomic E-state index is 0.0731. The van der Waals surface area contributed by atoms with Crippen LogP contribution >= 0.6 is 0 Å². The molecule has 122 valence electrons. The van der Waals surface area contributed by atoms with Crippen molar-refractivity contribution < 1.29 is 9.53 Å². The van der Waals surface area contributed by atoms with E-state index >= 15 is 0 Å². The molecule has 0 aliphatic carbocycles. The molecule has 0 radical (unpaired) electrons. The standard InChI is InChI=1S/C19H24N2O2/c1-21(19(22)14-20-12-13-23-2)15-17-10-6-7-11-18(17)16-8-4-3-5-9-16/h3-11,20H,12-15H2,1-2H3. The van der Waals surface area contributed by atoms with Crippen LogP contribution in [-0.2, 0) is 16.1 Å². The Bertz CT molecular complexity index is 614. The molecule has 0 aromatic heterocycles. The lowest BCUT2D eigenvalue weighted by atomic mass is 9.99. The van der Waals surface area contributed by atoms with Crippen LogP contribution in [0, 0.1) is 0 Å². The van der Waals surface area contributed by atoms with Gasteiger partial charge in [0.2, 0.25) is 5.91 Å². The first-order chi connectivity index (χ1) is 11.2. The number of nitrogens with one attached hydrogen (secondary N) is 1. The average Bonchev–Trinajstić information content (AvgIpc) is 2.59. The van der Waals surface area contributed by atoms with Crippen LogP contribution < -0.4 is 5.32 Å². The molecule has 0 fully saturated rings. The predicted octanol–water partition coefficient (Wildman–Crippen LogP) is 2.55. The van der Waals surface area contributed by atoms with Crippen molar-refractivity contribution in [1.82, 2.24) is 10.2 Å². The van der Waals surface area contributed by atoms with Crippen LogP contribution in [0.3, 0.4) is 0 Å². The van der Waals surface area contributed by atoms with E-state index in [1.54, 1.807) is 12.0 Å². The summed E-state index contributed by atoms with van der Waals surface area (Å²) in [5, 5.41) is 3.08. The van der Waals surface area contributed by atoms with Crippen molar-refractivity contribution in [3.8, 4) is 11.1 Å². The van der Waals surface area contributed by atoms with Gasteiger partial charge < -0.3 is 15.0 Å². The van der Waals surface area contributed by atoms with Crippen molar-refractivity contribution >= 4 is 5.91 Å². The molecule has 0 heterocycles. The number of nitrogens with zero attached hydrogens (tertiary/aromatic N) is 1. The molecular formula is C19H24N2O2. The first-order valence-corrected chi connectivity index (χ1v) is 7.79. The monoisotopic (exact) mass is 312 g/mol. The third-order valence-corrected chi connectivity index (χ3v) is 3.69. The molecule has 2 aromatic rings. The Morgan fingerprint density at radius 3 is 2.52 bits per heavy atom. The van der Waals surface area contributed by atoms with Gasteiger partial charge in [0.25, 0.3) is 0 Å². The number of hydrogen-bond donors (Lipinski definition) is 1. The Balaban J connectivity index is 2.01. The van der Waals surface area contributed by atoms with Crippen molar-refractivity contribution in [2.75, 3.05) is 33.9 Å². The molecule has 4 nitrogen and oxygen atoms in total. The summed E-state index contributed by atoms with van der Waals surface area (Å²) >= 11 is 0. The fourth-order valence-corrected chi connectivity index (χ4v) is 2.41. The topological polar surface area (TPSA) is 41.6 Å². The lowest BCUT2D eigenvalue weighted by Crippen LogP contribution is -2.36. The Morgan fingerprint density at radius 1 is 1.09 bits per heavy atom. The number of methoxy groups -OCH3 is 1. The van der Waals surface area contributed by atoms with E-state index in [9.17, 15) is 4.79 Å². The molecule has 0 atom stereocenters. The van der Waals surface area contributed by atoms with E-state index in [-0.39, 0.29) is 5.91 Å². The maximum atomic E-state index is 12.2. The number of likely N-dealkylation sites (N-methyl/N-ethyl adjacent to an activating group) is 1. The zero-order chi connectivity index (χ0) is 16.5. The molecule has 0 aliphatic rings. The van der Waals surface area contributed by atoms with Gasteiger partial charge >= 0.3 is 0 Å². The van der Waals surface area contributed by atoms with Gasteiger partial charge in [-0.3, -0.25) is 4.79 Å². The Morgan fingerprint density at radius 2 is 1.78 bits per heavy atom. The SMILES string of the molecule is COCCNCC(=O)N(C)Cc1ccccc1-c1ccccc1. The molecule has 0 aliphatic heterocycles. The second-order valence-electron chi connectivity index (χ2n) is 5.44. The third kappa shape index (κ3) is 5.20. The summed E-state index contributed by atoms with van der Waals surface area (Å²) in [7, 11) is 3.48. The molecule has 0 bridgehead atoms. The summed E-state index contributed by atoms with van der Waals surface area (Å²) in [6, 6.07) is 18.5. The van der Waals surface area contributed by atoms with E-state index < -0.39 is 0 Å². The number of benzene rings is 2. The lowest BCUT2D eigenvalue weighted by molar-refractivity contribution is -0.129. The fraction of sp³-hybridized carbons (Fsp3) is 0.316. The van der Waals surface area contributed by atoms with Crippen molar-refractivity contribution in [1.29, 1.82) is 0 Å². The molecule has 1 amide bonds. The maximum absolute atomic E-state index is 12.2. The average molecular weight is 312 g/mol. The molecule has 0 unspecified atom stereocenters. The fourth-order valence-electron chi connectivity index (χ4n) is 2.41. The van der Waals surface area contributed by atoms with Gasteiger partial charge in [0.15, 0.2) is 0 Å². The highest BCUT2D eigenvalue weighted by Gasteiger charge is 2.11. The van der Waals surface area contributed by atoms with Crippen LogP contribution in [0.2, 0.25) is 0 Å². The summed E-state index contributed by atoms with van der Waals surface area (Å²) in [6.07, 6.45) is 0. The molecule has 0 saturated heterocycles. The second-order valence-corrected chi connectivity index (χ2v) is 5.44. The van der Waals surface area contributed by atoms with Crippen LogP contribution in [0.1, 0.15) is 5.56 Å². The summed E-state index contributed by atoms with van der Waals surface area (Å²) in [4.78, 5) is 13.9. The molecule has 23 heavy (non-hydrogen) atoms. The molecule has 0 spiro atoms. The molecular weight excluding hydrogens is 288 g/mol. The largest absolute Gasteiger partial charge is 0.383 e. The number of carbonyl (C=O) groups excluding carboxylic acids is 1. The van der Waals surface area contributed by atoms with E-state index in [4.69, 9.17) is 4.74 Å². The first-order valence-electron chi connectivity index (χ1n) is 7.79. The van der Waals surface area contributed by atoms with Crippen molar-refractivity contribution in [2.24, 2.45) is 0 Å². The highest BCUT2D eigenvalue weighted by atomic mass is 16.5. The van der Waals surface area contributed by atoms with Gasteiger partial charge in [-0.05, 0) is 16.7 Å². The van der Waals surface area contributed by atoms with Crippen molar-refractivity contribution in [3.05, 3.63) is 60.2 Å². The van der Waals surface area contributed by atoms with Gasteiger partial charge in [0.05, 0.1) is 13.2 Å².